The average Bonchev–Trinajstić information content (AvgIpc) is 2.03. The van der Waals surface area contributed by atoms with Crippen LogP contribution in [0.4, 0.5) is 0 Å². The second kappa shape index (κ2) is 6.19. The molecule has 0 spiro atoms. The number of rotatable bonds is 2. The molecule has 1 rings (SSSR count). The van der Waals surface area contributed by atoms with Crippen LogP contribution in [0, 0.1) is 0 Å². The minimum Gasteiger partial charge on any atom is -0.375 e. The molecule has 1 heterocycles. The first kappa shape index (κ1) is 10.5. The lowest BCUT2D eigenvalue weighted by molar-refractivity contribution is -0.104. The quantitative estimate of drug-likeness (QED) is 0.476. The molecule has 1 N–H and O–H groups in total. The molecule has 0 saturated carbocycles. The molecule has 0 aliphatic carbocycles. The molecule has 1 saturated heterocycles. The molecule has 0 aromatic rings. The number of nitrogens with zero attached hydrogens (tertiary/aromatic N) is 1. The minimum atomic E-state index is 0. The minimum absolute atomic E-state index is 0. The molecule has 1 aliphatic heterocycles. The van der Waals surface area contributed by atoms with Crippen LogP contribution in [-0.2, 0) is 4.79 Å². The molecule has 11 heavy (non-hydrogen) atoms. The highest BCUT2D eigenvalue weighted by Gasteiger charge is 2.02. The van der Waals surface area contributed by atoms with Gasteiger partial charge in [-0.2, -0.15) is 0 Å². The predicted octanol–water partition coefficient (Wildman–Crippen LogP) is 0.0260. The summed E-state index contributed by atoms with van der Waals surface area (Å²) in [5.41, 5.74) is 0. The summed E-state index contributed by atoms with van der Waals surface area (Å²) in [6.45, 7) is 4.04. The van der Waals surface area contributed by atoms with Crippen LogP contribution in [0.3, 0.4) is 0 Å². The maximum Gasteiger partial charge on any atom is 0.144 e. The van der Waals surface area contributed by atoms with Crippen molar-refractivity contribution in [2.75, 3.05) is 26.2 Å². The number of carbonyl (C=O) groups is 1. The third-order valence-electron chi connectivity index (χ3n) is 1.53. The lowest BCUT2D eigenvalue weighted by Crippen LogP contribution is -2.40. The van der Waals surface area contributed by atoms with E-state index in [2.05, 4.69) is 10.2 Å². The Labute approximate surface area is 72.9 Å². The Morgan fingerprint density at radius 2 is 1.91 bits per heavy atom. The Bertz CT molecular complexity index is 132. The van der Waals surface area contributed by atoms with Crippen molar-refractivity contribution in [1.82, 2.24) is 10.2 Å². The van der Waals surface area contributed by atoms with E-state index < -0.39 is 0 Å². The third kappa shape index (κ3) is 4.01. The number of hydrogen-bond acceptors (Lipinski definition) is 3. The van der Waals surface area contributed by atoms with E-state index >= 15 is 0 Å². The van der Waals surface area contributed by atoms with E-state index in [1.54, 1.807) is 0 Å². The maximum absolute atomic E-state index is 9.92. The number of carbonyl (C=O) groups excluding carboxylic acids is 1. The molecule has 0 aromatic heterocycles. The normalized spacial score (nSPS) is 18.0. The molecule has 3 nitrogen and oxygen atoms in total. The summed E-state index contributed by atoms with van der Waals surface area (Å²) in [6, 6.07) is 0. The van der Waals surface area contributed by atoms with Gasteiger partial charge in [0.1, 0.15) is 6.29 Å². The van der Waals surface area contributed by atoms with Gasteiger partial charge in [0.2, 0.25) is 0 Å². The molecule has 4 heteroatoms. The van der Waals surface area contributed by atoms with Gasteiger partial charge in [0, 0.05) is 32.4 Å². The van der Waals surface area contributed by atoms with Crippen molar-refractivity contribution >= 4 is 18.7 Å². The Balaban J connectivity index is 0.000001000. The van der Waals surface area contributed by atoms with E-state index in [1.807, 2.05) is 6.20 Å². The number of allylic oxidation sites excluding steroid dienone is 1. The summed E-state index contributed by atoms with van der Waals surface area (Å²) in [4.78, 5) is 12.0. The molecule has 1 fully saturated rings. The fourth-order valence-corrected chi connectivity index (χ4v) is 0.988. The summed E-state index contributed by atoms with van der Waals surface area (Å²) in [5, 5.41) is 3.23. The fourth-order valence-electron chi connectivity index (χ4n) is 0.988. The molecule has 64 valence electrons. The van der Waals surface area contributed by atoms with E-state index in [1.165, 1.54) is 6.08 Å². The van der Waals surface area contributed by atoms with Gasteiger partial charge in [-0.25, -0.2) is 0 Å². The SMILES string of the molecule is Cl.O=CC=CN1CCNCC1. The van der Waals surface area contributed by atoms with Gasteiger partial charge < -0.3 is 10.2 Å². The van der Waals surface area contributed by atoms with Gasteiger partial charge in [-0.1, -0.05) is 0 Å². The van der Waals surface area contributed by atoms with Gasteiger partial charge in [-0.15, -0.1) is 12.4 Å². The summed E-state index contributed by atoms with van der Waals surface area (Å²) >= 11 is 0. The molecule has 1 aliphatic rings. The van der Waals surface area contributed by atoms with Gasteiger partial charge >= 0.3 is 0 Å². The zero-order chi connectivity index (χ0) is 7.23. The maximum atomic E-state index is 9.92. The van der Waals surface area contributed by atoms with Crippen LogP contribution in [0.5, 0.6) is 0 Å². The van der Waals surface area contributed by atoms with Crippen LogP contribution >= 0.6 is 12.4 Å². The Hall–Kier alpha value is -0.540. The van der Waals surface area contributed by atoms with Crippen molar-refractivity contribution in [3.63, 3.8) is 0 Å². The van der Waals surface area contributed by atoms with Gasteiger partial charge in [0.15, 0.2) is 0 Å². The van der Waals surface area contributed by atoms with Crippen molar-refractivity contribution < 1.29 is 4.79 Å². The second-order valence-electron chi connectivity index (χ2n) is 2.26. The first-order valence-electron chi connectivity index (χ1n) is 3.50. The third-order valence-corrected chi connectivity index (χ3v) is 1.53. The van der Waals surface area contributed by atoms with Crippen molar-refractivity contribution in [2.24, 2.45) is 0 Å². The van der Waals surface area contributed by atoms with Gasteiger partial charge in [-0.05, 0) is 6.08 Å². The summed E-state index contributed by atoms with van der Waals surface area (Å²) in [5.74, 6) is 0. The first-order chi connectivity index (χ1) is 4.93. The largest absolute Gasteiger partial charge is 0.375 e. The van der Waals surface area contributed by atoms with Crippen LogP contribution in [-0.4, -0.2) is 37.4 Å². The number of piperazine rings is 1. The van der Waals surface area contributed by atoms with Crippen molar-refractivity contribution in [3.05, 3.63) is 12.3 Å². The number of aldehydes is 1. The van der Waals surface area contributed by atoms with Gasteiger partial charge in [0.25, 0.3) is 0 Å². The van der Waals surface area contributed by atoms with Gasteiger partial charge in [-0.3, -0.25) is 4.79 Å². The highest BCUT2D eigenvalue weighted by molar-refractivity contribution is 5.85. The van der Waals surface area contributed by atoms with Crippen molar-refractivity contribution in [1.29, 1.82) is 0 Å². The smallest absolute Gasteiger partial charge is 0.144 e. The summed E-state index contributed by atoms with van der Waals surface area (Å²) < 4.78 is 0. The molecule has 0 bridgehead atoms. The van der Waals surface area contributed by atoms with Crippen LogP contribution < -0.4 is 5.32 Å². The van der Waals surface area contributed by atoms with E-state index in [0.717, 1.165) is 32.5 Å². The molecule has 0 aromatic carbocycles. The van der Waals surface area contributed by atoms with Crippen LogP contribution in [0.1, 0.15) is 0 Å². The predicted molar refractivity (Wildman–Crippen MR) is 46.9 cm³/mol. The second-order valence-corrected chi connectivity index (χ2v) is 2.26. The number of hydrogen-bond donors (Lipinski definition) is 1. The van der Waals surface area contributed by atoms with E-state index in [9.17, 15) is 4.79 Å². The van der Waals surface area contributed by atoms with E-state index in [0.29, 0.717) is 0 Å². The standard InChI is InChI=1S/C7H12N2O.ClH/c10-7-1-4-9-5-2-8-3-6-9;/h1,4,7-8H,2-3,5-6H2;1H. The van der Waals surface area contributed by atoms with Gasteiger partial charge in [0.05, 0.1) is 0 Å². The lowest BCUT2D eigenvalue weighted by Gasteiger charge is -2.25. The molecule has 0 unspecified atom stereocenters. The Kier molecular flexibility index (Phi) is 5.88. The van der Waals surface area contributed by atoms with Crippen LogP contribution in [0.25, 0.3) is 0 Å². The zero-order valence-corrected chi connectivity index (χ0v) is 7.14. The number of nitrogens with one attached hydrogen (secondary N) is 1. The molecular weight excluding hydrogens is 164 g/mol. The van der Waals surface area contributed by atoms with Crippen LogP contribution in [0.2, 0.25) is 0 Å². The molecular formula is C7H13ClN2O. The van der Waals surface area contributed by atoms with Crippen LogP contribution in [0.15, 0.2) is 12.3 Å². The average molecular weight is 177 g/mol. The Morgan fingerprint density at radius 1 is 1.27 bits per heavy atom. The first-order valence-corrected chi connectivity index (χ1v) is 3.50. The molecule has 0 amide bonds. The molecule has 0 radical (unpaired) electrons. The van der Waals surface area contributed by atoms with Crippen molar-refractivity contribution in [2.45, 2.75) is 0 Å². The zero-order valence-electron chi connectivity index (χ0n) is 6.32. The van der Waals surface area contributed by atoms with E-state index in [4.69, 9.17) is 0 Å². The van der Waals surface area contributed by atoms with Crippen molar-refractivity contribution in [3.8, 4) is 0 Å². The summed E-state index contributed by atoms with van der Waals surface area (Å²) in [7, 11) is 0. The highest BCUT2D eigenvalue weighted by atomic mass is 35.5. The molecule has 0 atom stereocenters. The lowest BCUT2D eigenvalue weighted by atomic mass is 10.4. The monoisotopic (exact) mass is 176 g/mol. The topological polar surface area (TPSA) is 32.3 Å². The fraction of sp³-hybridized carbons (Fsp3) is 0.571. The number of halogens is 1. The van der Waals surface area contributed by atoms with E-state index in [-0.39, 0.29) is 12.4 Å². The summed E-state index contributed by atoms with van der Waals surface area (Å²) in [6.07, 6.45) is 4.18. The highest BCUT2D eigenvalue weighted by Crippen LogP contribution is 1.91. The Morgan fingerprint density at radius 3 is 2.45 bits per heavy atom.